The summed E-state index contributed by atoms with van der Waals surface area (Å²) in [6.07, 6.45) is 2.30. The molecule has 28 heavy (non-hydrogen) atoms. The number of likely N-dealkylation sites (N-methyl/N-ethyl adjacent to an activating group) is 1. The van der Waals surface area contributed by atoms with Crippen LogP contribution in [-0.2, 0) is 14.3 Å². The van der Waals surface area contributed by atoms with E-state index in [1.54, 1.807) is 25.1 Å². The van der Waals surface area contributed by atoms with Crippen molar-refractivity contribution in [3.63, 3.8) is 0 Å². The Morgan fingerprint density at radius 1 is 1.21 bits per heavy atom. The summed E-state index contributed by atoms with van der Waals surface area (Å²) in [5.74, 6) is -1.64. The van der Waals surface area contributed by atoms with Gasteiger partial charge in [0.05, 0.1) is 12.1 Å². The van der Waals surface area contributed by atoms with Gasteiger partial charge in [-0.05, 0) is 31.5 Å². The molecule has 0 atom stereocenters. The molecule has 0 spiro atoms. The van der Waals surface area contributed by atoms with Gasteiger partial charge in [-0.2, -0.15) is 4.73 Å². The summed E-state index contributed by atoms with van der Waals surface area (Å²) in [5.41, 5.74) is 1.55. The van der Waals surface area contributed by atoms with Crippen molar-refractivity contribution in [1.29, 1.82) is 0 Å². The Labute approximate surface area is 167 Å². The molecule has 148 valence electrons. The van der Waals surface area contributed by atoms with Gasteiger partial charge >= 0.3 is 5.97 Å². The summed E-state index contributed by atoms with van der Waals surface area (Å²) >= 11 is 5.93. The van der Waals surface area contributed by atoms with Crippen LogP contribution in [0.3, 0.4) is 0 Å². The molecule has 0 fully saturated rings. The number of carbonyl (C=O) groups is 3. The third-order valence-electron chi connectivity index (χ3n) is 3.91. The highest BCUT2D eigenvalue weighted by Crippen LogP contribution is 2.20. The van der Waals surface area contributed by atoms with Gasteiger partial charge in [-0.1, -0.05) is 17.7 Å². The van der Waals surface area contributed by atoms with Gasteiger partial charge in [0.25, 0.3) is 5.91 Å². The zero-order chi connectivity index (χ0) is 20.7. The molecule has 0 radical (unpaired) electrons. The van der Waals surface area contributed by atoms with Gasteiger partial charge in [-0.15, -0.1) is 0 Å². The van der Waals surface area contributed by atoms with Crippen molar-refractivity contribution < 1.29 is 23.9 Å². The quantitative estimate of drug-likeness (QED) is 0.430. The molecule has 0 aliphatic rings. The van der Waals surface area contributed by atoms with Gasteiger partial charge in [0, 0.05) is 29.4 Å². The number of hydrogen-bond donors (Lipinski definition) is 1. The third kappa shape index (κ3) is 5.95. The lowest BCUT2D eigenvalue weighted by Crippen LogP contribution is -2.40. The highest BCUT2D eigenvalue weighted by Gasteiger charge is 2.18. The molecule has 0 saturated heterocycles. The largest absolute Gasteiger partial charge is 0.619 e. The lowest BCUT2D eigenvalue weighted by Gasteiger charge is -2.20. The fourth-order valence-electron chi connectivity index (χ4n) is 2.32. The molecule has 1 aromatic carbocycles. The second-order valence-electron chi connectivity index (χ2n) is 5.94. The van der Waals surface area contributed by atoms with Crippen LogP contribution < -0.4 is 10.0 Å². The summed E-state index contributed by atoms with van der Waals surface area (Å²) in [5, 5.41) is 14.2. The first-order valence-electron chi connectivity index (χ1n) is 8.50. The number of pyridine rings is 1. The summed E-state index contributed by atoms with van der Waals surface area (Å²) in [7, 11) is 0. The van der Waals surface area contributed by atoms with Crippen LogP contribution in [-0.4, -0.2) is 42.4 Å². The smallest absolute Gasteiger partial charge is 0.339 e. The Kier molecular flexibility index (Phi) is 7.34. The molecular formula is C19H20ClN3O5. The van der Waals surface area contributed by atoms with Crippen molar-refractivity contribution in [3.8, 4) is 0 Å². The van der Waals surface area contributed by atoms with E-state index in [4.69, 9.17) is 16.3 Å². The number of rotatable bonds is 7. The van der Waals surface area contributed by atoms with Crippen molar-refractivity contribution >= 4 is 35.1 Å². The van der Waals surface area contributed by atoms with Crippen molar-refractivity contribution in [2.75, 3.05) is 25.0 Å². The normalized spacial score (nSPS) is 10.2. The lowest BCUT2D eigenvalue weighted by molar-refractivity contribution is -0.605. The van der Waals surface area contributed by atoms with Crippen molar-refractivity contribution in [2.24, 2.45) is 0 Å². The van der Waals surface area contributed by atoms with Crippen molar-refractivity contribution in [2.45, 2.75) is 13.8 Å². The zero-order valence-corrected chi connectivity index (χ0v) is 16.2. The van der Waals surface area contributed by atoms with Gasteiger partial charge in [0.15, 0.2) is 19.0 Å². The molecule has 2 rings (SSSR count). The van der Waals surface area contributed by atoms with E-state index in [9.17, 15) is 19.6 Å². The molecule has 8 nitrogen and oxygen atoms in total. The highest BCUT2D eigenvalue weighted by molar-refractivity contribution is 6.31. The van der Waals surface area contributed by atoms with Crippen LogP contribution in [0.1, 0.15) is 22.8 Å². The second kappa shape index (κ2) is 9.70. The first-order valence-corrected chi connectivity index (χ1v) is 8.87. The average molecular weight is 406 g/mol. The fourth-order valence-corrected chi connectivity index (χ4v) is 2.49. The van der Waals surface area contributed by atoms with Crippen LogP contribution in [0.2, 0.25) is 5.02 Å². The van der Waals surface area contributed by atoms with Gasteiger partial charge in [-0.3, -0.25) is 9.59 Å². The topological polar surface area (TPSA) is 103 Å². The lowest BCUT2D eigenvalue weighted by atomic mass is 10.2. The molecule has 1 heterocycles. The van der Waals surface area contributed by atoms with Crippen LogP contribution in [0.4, 0.5) is 5.69 Å². The number of halogens is 1. The van der Waals surface area contributed by atoms with Crippen molar-refractivity contribution in [3.05, 3.63) is 64.1 Å². The molecule has 0 aliphatic heterocycles. The van der Waals surface area contributed by atoms with Crippen LogP contribution in [0.25, 0.3) is 0 Å². The van der Waals surface area contributed by atoms with Crippen LogP contribution in [0.15, 0.2) is 42.7 Å². The molecule has 1 aromatic heterocycles. The number of ether oxygens (including phenoxy) is 1. The van der Waals surface area contributed by atoms with Gasteiger partial charge in [-0.25, -0.2) is 4.79 Å². The fraction of sp³-hybridized carbons (Fsp3) is 0.263. The number of hydrogen-bond acceptors (Lipinski definition) is 5. The molecule has 0 unspecified atom stereocenters. The Morgan fingerprint density at radius 3 is 2.54 bits per heavy atom. The van der Waals surface area contributed by atoms with E-state index in [0.29, 0.717) is 15.4 Å². The molecule has 2 amide bonds. The van der Waals surface area contributed by atoms with Crippen LogP contribution >= 0.6 is 11.6 Å². The Bertz CT molecular complexity index is 870. The predicted molar refractivity (Wildman–Crippen MR) is 103 cm³/mol. The van der Waals surface area contributed by atoms with Crippen LogP contribution in [0, 0.1) is 12.1 Å². The summed E-state index contributed by atoms with van der Waals surface area (Å²) < 4.78 is 5.49. The molecule has 0 saturated carbocycles. The summed E-state index contributed by atoms with van der Waals surface area (Å²) in [6.45, 7) is 3.09. The van der Waals surface area contributed by atoms with E-state index in [1.807, 2.05) is 6.92 Å². The van der Waals surface area contributed by atoms with E-state index in [2.05, 4.69) is 5.32 Å². The molecule has 9 heteroatoms. The first-order chi connectivity index (χ1) is 13.3. The Hall–Kier alpha value is -3.13. The monoisotopic (exact) mass is 405 g/mol. The maximum Gasteiger partial charge on any atom is 0.339 e. The third-order valence-corrected chi connectivity index (χ3v) is 4.14. The maximum absolute atomic E-state index is 12.3. The highest BCUT2D eigenvalue weighted by atomic mass is 35.5. The molecule has 0 bridgehead atoms. The predicted octanol–water partition coefficient (Wildman–Crippen LogP) is 1.93. The minimum Gasteiger partial charge on any atom is -0.619 e. The number of benzene rings is 1. The van der Waals surface area contributed by atoms with Gasteiger partial charge in [0.2, 0.25) is 5.91 Å². The summed E-state index contributed by atoms with van der Waals surface area (Å²) in [4.78, 5) is 37.7. The Morgan fingerprint density at radius 2 is 1.89 bits per heavy atom. The number of aryl methyl sites for hydroxylation is 1. The number of anilines is 1. The SMILES string of the molecule is CCN(CC(=O)Nc1cc(Cl)ccc1C)C(=O)COC(=O)c1cc[n+]([O-])cc1. The standard InChI is InChI=1S/C19H20ClN3O5/c1-3-22(11-17(24)21-16-10-15(20)5-4-13(16)2)18(25)12-28-19(26)14-6-8-23(27)9-7-14/h4-10H,3,11-12H2,1-2H3,(H,21,24). The van der Waals surface area contributed by atoms with E-state index in [0.717, 1.165) is 18.0 Å². The average Bonchev–Trinajstić information content (AvgIpc) is 2.67. The molecule has 2 aromatic rings. The van der Waals surface area contributed by atoms with Gasteiger partial charge < -0.3 is 20.2 Å². The number of esters is 1. The van der Waals surface area contributed by atoms with Gasteiger partial charge in [0.1, 0.15) is 0 Å². The maximum atomic E-state index is 12.3. The molecule has 1 N–H and O–H groups in total. The minimum atomic E-state index is -0.732. The number of amides is 2. The molecular weight excluding hydrogens is 386 g/mol. The van der Waals surface area contributed by atoms with E-state index in [1.165, 1.54) is 17.0 Å². The van der Waals surface area contributed by atoms with E-state index < -0.39 is 24.4 Å². The zero-order valence-electron chi connectivity index (χ0n) is 15.5. The van der Waals surface area contributed by atoms with E-state index >= 15 is 0 Å². The van der Waals surface area contributed by atoms with Crippen LogP contribution in [0.5, 0.6) is 0 Å². The Balaban J connectivity index is 1.90. The number of nitrogens with zero attached hydrogens (tertiary/aromatic N) is 2. The van der Waals surface area contributed by atoms with E-state index in [-0.39, 0.29) is 18.7 Å². The number of nitrogens with one attached hydrogen (secondary N) is 1. The first kappa shape index (κ1) is 21.2. The molecule has 0 aliphatic carbocycles. The number of aromatic nitrogens is 1. The number of carbonyl (C=O) groups excluding carboxylic acids is 3. The summed E-state index contributed by atoms with van der Waals surface area (Å²) in [6, 6.07) is 7.70. The van der Waals surface area contributed by atoms with Crippen molar-refractivity contribution in [1.82, 2.24) is 4.90 Å². The minimum absolute atomic E-state index is 0.150. The second-order valence-corrected chi connectivity index (χ2v) is 6.37.